The minimum atomic E-state index is -0.925. The minimum Gasteiger partial charge on any atom is -0.481 e. The molecule has 0 aromatic heterocycles. The first-order chi connectivity index (χ1) is 9.75. The predicted molar refractivity (Wildman–Crippen MR) is 89.2 cm³/mol. The van der Waals surface area contributed by atoms with E-state index in [1.807, 2.05) is 31.2 Å². The first-order valence-electron chi connectivity index (χ1n) is 6.88. The highest BCUT2D eigenvalue weighted by Gasteiger charge is 2.35. The van der Waals surface area contributed by atoms with Gasteiger partial charge in [0.15, 0.2) is 0 Å². The molecule has 1 aromatic carbocycles. The largest absolute Gasteiger partial charge is 0.481 e. The number of aliphatic carboxylic acids is 1. The Bertz CT molecular complexity index is 515. The summed E-state index contributed by atoms with van der Waals surface area (Å²) in [5.41, 5.74) is -0.118. The zero-order valence-corrected chi connectivity index (χ0v) is 14.7. The fourth-order valence-corrected chi connectivity index (χ4v) is 2.63. The van der Waals surface area contributed by atoms with Crippen LogP contribution in [0.25, 0.3) is 0 Å². The standard InChI is InChI=1S/C16H21IO4/c1-11(10-21-12(2)18)7-8-16(3,15(19)20)13-5-4-6-14(17)9-13/h4-6,9,11H,7-8,10H2,1-3H3,(H,19,20). The van der Waals surface area contributed by atoms with Gasteiger partial charge in [-0.25, -0.2) is 0 Å². The molecule has 0 saturated heterocycles. The molecular weight excluding hydrogens is 383 g/mol. The summed E-state index contributed by atoms with van der Waals surface area (Å²) in [6.45, 7) is 5.41. The van der Waals surface area contributed by atoms with E-state index in [1.54, 1.807) is 6.92 Å². The molecule has 0 amide bonds. The smallest absolute Gasteiger partial charge is 0.313 e. The average Bonchev–Trinajstić information content (AvgIpc) is 2.42. The molecular formula is C16H21IO4. The zero-order valence-electron chi connectivity index (χ0n) is 12.6. The summed E-state index contributed by atoms with van der Waals surface area (Å²) in [6.07, 6.45) is 1.19. The lowest BCUT2D eigenvalue weighted by molar-refractivity contribution is -0.145. The molecule has 21 heavy (non-hydrogen) atoms. The zero-order chi connectivity index (χ0) is 16.0. The van der Waals surface area contributed by atoms with Crippen LogP contribution in [-0.2, 0) is 19.7 Å². The molecule has 1 N–H and O–H groups in total. The number of hydrogen-bond donors (Lipinski definition) is 1. The lowest BCUT2D eigenvalue weighted by Gasteiger charge is -2.27. The molecule has 0 aliphatic rings. The summed E-state index contributed by atoms with van der Waals surface area (Å²) in [5, 5.41) is 9.62. The van der Waals surface area contributed by atoms with Crippen LogP contribution in [0.5, 0.6) is 0 Å². The monoisotopic (exact) mass is 404 g/mol. The first-order valence-corrected chi connectivity index (χ1v) is 7.96. The molecule has 0 fully saturated rings. The number of rotatable bonds is 7. The Kier molecular flexibility index (Phi) is 6.64. The molecule has 0 bridgehead atoms. The molecule has 1 aromatic rings. The fourth-order valence-electron chi connectivity index (χ4n) is 2.08. The minimum absolute atomic E-state index is 0.135. The van der Waals surface area contributed by atoms with Crippen molar-refractivity contribution in [3.63, 3.8) is 0 Å². The van der Waals surface area contributed by atoms with E-state index in [9.17, 15) is 14.7 Å². The molecule has 0 aliphatic carbocycles. The summed E-state index contributed by atoms with van der Waals surface area (Å²) < 4.78 is 5.99. The van der Waals surface area contributed by atoms with E-state index in [0.29, 0.717) is 19.4 Å². The van der Waals surface area contributed by atoms with Gasteiger partial charge >= 0.3 is 11.9 Å². The third-order valence-electron chi connectivity index (χ3n) is 3.64. The van der Waals surface area contributed by atoms with Crippen molar-refractivity contribution in [2.45, 2.75) is 39.0 Å². The molecule has 116 valence electrons. The van der Waals surface area contributed by atoms with Crippen molar-refractivity contribution in [3.05, 3.63) is 33.4 Å². The molecule has 1 rings (SSSR count). The highest BCUT2D eigenvalue weighted by atomic mass is 127. The van der Waals surface area contributed by atoms with E-state index in [-0.39, 0.29) is 11.9 Å². The number of esters is 1. The van der Waals surface area contributed by atoms with E-state index in [0.717, 1.165) is 9.13 Å². The van der Waals surface area contributed by atoms with Gasteiger partial charge < -0.3 is 9.84 Å². The van der Waals surface area contributed by atoms with Crippen LogP contribution in [0.1, 0.15) is 39.2 Å². The SMILES string of the molecule is CC(=O)OCC(C)CCC(C)(C(=O)O)c1cccc(I)c1. The molecule has 0 saturated carbocycles. The second-order valence-corrected chi connectivity index (χ2v) is 6.84. The van der Waals surface area contributed by atoms with E-state index in [1.165, 1.54) is 6.92 Å². The van der Waals surface area contributed by atoms with Crippen molar-refractivity contribution >= 4 is 34.5 Å². The summed E-state index contributed by atoms with van der Waals surface area (Å²) in [7, 11) is 0. The van der Waals surface area contributed by atoms with Gasteiger partial charge in [0, 0.05) is 10.5 Å². The van der Waals surface area contributed by atoms with Gasteiger partial charge in [-0.3, -0.25) is 9.59 Å². The number of carbonyl (C=O) groups excluding carboxylic acids is 1. The molecule has 0 heterocycles. The quantitative estimate of drug-likeness (QED) is 0.557. The fraction of sp³-hybridized carbons (Fsp3) is 0.500. The predicted octanol–water partition coefficient (Wildman–Crippen LogP) is 3.61. The molecule has 2 atom stereocenters. The Hall–Kier alpha value is -1.11. The van der Waals surface area contributed by atoms with E-state index in [2.05, 4.69) is 22.6 Å². The van der Waals surface area contributed by atoms with Crippen LogP contribution in [0.2, 0.25) is 0 Å². The highest BCUT2D eigenvalue weighted by molar-refractivity contribution is 14.1. The van der Waals surface area contributed by atoms with Crippen molar-refractivity contribution in [2.75, 3.05) is 6.61 Å². The van der Waals surface area contributed by atoms with Gasteiger partial charge in [0.1, 0.15) is 0 Å². The van der Waals surface area contributed by atoms with Crippen LogP contribution in [-0.4, -0.2) is 23.7 Å². The van der Waals surface area contributed by atoms with Gasteiger partial charge in [-0.1, -0.05) is 19.1 Å². The Morgan fingerprint density at radius 2 is 2.10 bits per heavy atom. The second kappa shape index (κ2) is 7.77. The summed E-state index contributed by atoms with van der Waals surface area (Å²) >= 11 is 2.18. The first kappa shape index (κ1) is 17.9. The van der Waals surface area contributed by atoms with Gasteiger partial charge in [-0.05, 0) is 66.0 Å². The molecule has 0 aliphatic heterocycles. The normalized spacial score (nSPS) is 15.0. The van der Waals surface area contributed by atoms with Gasteiger partial charge in [-0.2, -0.15) is 0 Å². The molecule has 0 spiro atoms. The highest BCUT2D eigenvalue weighted by Crippen LogP contribution is 2.32. The maximum Gasteiger partial charge on any atom is 0.313 e. The summed E-state index contributed by atoms with van der Waals surface area (Å²) in [5.74, 6) is -1.000. The van der Waals surface area contributed by atoms with Crippen molar-refractivity contribution in [1.82, 2.24) is 0 Å². The number of carboxylic acids is 1. The number of hydrogen-bond acceptors (Lipinski definition) is 3. The molecule has 0 radical (unpaired) electrons. The number of halogens is 1. The Morgan fingerprint density at radius 3 is 2.62 bits per heavy atom. The van der Waals surface area contributed by atoms with Gasteiger partial charge in [0.25, 0.3) is 0 Å². The van der Waals surface area contributed by atoms with Gasteiger partial charge in [0.2, 0.25) is 0 Å². The van der Waals surface area contributed by atoms with Gasteiger partial charge in [-0.15, -0.1) is 0 Å². The molecule has 2 unspecified atom stereocenters. The Balaban J connectivity index is 2.78. The van der Waals surface area contributed by atoms with Crippen molar-refractivity contribution in [2.24, 2.45) is 5.92 Å². The van der Waals surface area contributed by atoms with E-state index < -0.39 is 11.4 Å². The third kappa shape index (κ3) is 5.30. The Labute approximate surface area is 139 Å². The average molecular weight is 404 g/mol. The van der Waals surface area contributed by atoms with Crippen LogP contribution < -0.4 is 0 Å². The lowest BCUT2D eigenvalue weighted by Crippen LogP contribution is -2.33. The maximum absolute atomic E-state index is 11.7. The number of ether oxygens (including phenoxy) is 1. The topological polar surface area (TPSA) is 63.6 Å². The lowest BCUT2D eigenvalue weighted by atomic mass is 9.77. The van der Waals surface area contributed by atoms with Crippen LogP contribution in [0.15, 0.2) is 24.3 Å². The number of carbonyl (C=O) groups is 2. The van der Waals surface area contributed by atoms with Crippen LogP contribution in [0.4, 0.5) is 0 Å². The van der Waals surface area contributed by atoms with Crippen LogP contribution >= 0.6 is 22.6 Å². The summed E-state index contributed by atoms with van der Waals surface area (Å²) in [4.78, 5) is 22.5. The van der Waals surface area contributed by atoms with Crippen molar-refractivity contribution in [3.8, 4) is 0 Å². The van der Waals surface area contributed by atoms with Gasteiger partial charge in [0.05, 0.1) is 12.0 Å². The van der Waals surface area contributed by atoms with Crippen molar-refractivity contribution < 1.29 is 19.4 Å². The Morgan fingerprint density at radius 1 is 1.43 bits per heavy atom. The second-order valence-electron chi connectivity index (χ2n) is 5.59. The molecule has 4 nitrogen and oxygen atoms in total. The van der Waals surface area contributed by atoms with Crippen LogP contribution in [0, 0.1) is 9.49 Å². The number of carboxylic acid groups (broad SMARTS) is 1. The van der Waals surface area contributed by atoms with Crippen LogP contribution in [0.3, 0.4) is 0 Å². The van der Waals surface area contributed by atoms with E-state index in [4.69, 9.17) is 4.74 Å². The van der Waals surface area contributed by atoms with E-state index >= 15 is 0 Å². The van der Waals surface area contributed by atoms with Crippen molar-refractivity contribution in [1.29, 1.82) is 0 Å². The summed E-state index contributed by atoms with van der Waals surface area (Å²) in [6, 6.07) is 7.58. The third-order valence-corrected chi connectivity index (χ3v) is 4.31. The molecule has 5 heteroatoms. The number of benzene rings is 1. The maximum atomic E-state index is 11.7.